The molecule has 0 aliphatic carbocycles. The van der Waals surface area contributed by atoms with Crippen LogP contribution in [0.2, 0.25) is 5.02 Å². The van der Waals surface area contributed by atoms with Crippen molar-refractivity contribution in [3.63, 3.8) is 0 Å². The van der Waals surface area contributed by atoms with E-state index in [1.807, 2.05) is 48.6 Å². The van der Waals surface area contributed by atoms with Crippen molar-refractivity contribution >= 4 is 57.8 Å². The number of alkyl halides is 1. The van der Waals surface area contributed by atoms with Crippen LogP contribution >= 0.6 is 46.7 Å². The third kappa shape index (κ3) is 3.08. The van der Waals surface area contributed by atoms with Crippen molar-refractivity contribution < 1.29 is 0 Å². The molecule has 0 saturated carbocycles. The van der Waals surface area contributed by atoms with Gasteiger partial charge in [0.05, 0.1) is 16.4 Å². The average molecular weight is 347 g/mol. The Bertz CT molecular complexity index is 606. The third-order valence-electron chi connectivity index (χ3n) is 3.37. The Kier molecular flexibility index (Phi) is 4.75. The molecule has 1 aliphatic rings. The maximum Gasteiger partial charge on any atom is 0.127 e. The van der Waals surface area contributed by atoms with E-state index in [4.69, 9.17) is 23.2 Å². The number of benzene rings is 1. The standard InChI is InChI=1S/C14H16Cl2N2S2/c1-9(15)14-17-12-3-2-10(16)6-13(12)18(14)7-11-8-19-4-5-20-11/h2-3,6,9,11H,4-5,7-8H2,1H3. The predicted molar refractivity (Wildman–Crippen MR) is 92.6 cm³/mol. The monoisotopic (exact) mass is 346 g/mol. The Labute approximate surface area is 137 Å². The van der Waals surface area contributed by atoms with E-state index in [0.717, 1.165) is 28.4 Å². The molecular weight excluding hydrogens is 331 g/mol. The molecule has 2 heterocycles. The summed E-state index contributed by atoms with van der Waals surface area (Å²) in [6.07, 6.45) is 0. The minimum Gasteiger partial charge on any atom is -0.326 e. The minimum absolute atomic E-state index is 0.0950. The Morgan fingerprint density at radius 2 is 2.30 bits per heavy atom. The molecule has 0 spiro atoms. The Hall–Kier alpha value is -0.0300. The first-order valence-electron chi connectivity index (χ1n) is 6.64. The number of imidazole rings is 1. The van der Waals surface area contributed by atoms with E-state index < -0.39 is 0 Å². The zero-order chi connectivity index (χ0) is 14.1. The summed E-state index contributed by atoms with van der Waals surface area (Å²) in [5, 5.41) is 1.28. The van der Waals surface area contributed by atoms with Crippen LogP contribution in [0.5, 0.6) is 0 Å². The highest BCUT2D eigenvalue weighted by Crippen LogP contribution is 2.31. The van der Waals surface area contributed by atoms with E-state index >= 15 is 0 Å². The van der Waals surface area contributed by atoms with Crippen LogP contribution in [-0.4, -0.2) is 32.1 Å². The van der Waals surface area contributed by atoms with Gasteiger partial charge in [-0.2, -0.15) is 23.5 Å². The second-order valence-corrected chi connectivity index (χ2v) is 8.55. The molecule has 2 nitrogen and oxygen atoms in total. The van der Waals surface area contributed by atoms with Crippen LogP contribution in [0.1, 0.15) is 18.1 Å². The van der Waals surface area contributed by atoms with E-state index in [1.165, 1.54) is 17.3 Å². The van der Waals surface area contributed by atoms with Gasteiger partial charge in [-0.1, -0.05) is 11.6 Å². The van der Waals surface area contributed by atoms with Gasteiger partial charge >= 0.3 is 0 Å². The van der Waals surface area contributed by atoms with Gasteiger partial charge in [-0.05, 0) is 25.1 Å². The highest BCUT2D eigenvalue weighted by molar-refractivity contribution is 8.06. The molecule has 108 valence electrons. The summed E-state index contributed by atoms with van der Waals surface area (Å²) in [7, 11) is 0. The smallest absolute Gasteiger partial charge is 0.127 e. The Morgan fingerprint density at radius 1 is 1.45 bits per heavy atom. The molecule has 1 fully saturated rings. The highest BCUT2D eigenvalue weighted by atomic mass is 35.5. The van der Waals surface area contributed by atoms with E-state index in [0.29, 0.717) is 5.25 Å². The number of hydrogen-bond acceptors (Lipinski definition) is 3. The first-order valence-corrected chi connectivity index (χ1v) is 9.66. The van der Waals surface area contributed by atoms with Gasteiger partial charge in [0.25, 0.3) is 0 Å². The lowest BCUT2D eigenvalue weighted by Gasteiger charge is -2.23. The summed E-state index contributed by atoms with van der Waals surface area (Å²) in [6.45, 7) is 2.94. The normalized spacial score (nSPS) is 21.2. The van der Waals surface area contributed by atoms with Crippen LogP contribution < -0.4 is 0 Å². The summed E-state index contributed by atoms with van der Waals surface area (Å²) in [6, 6.07) is 5.85. The van der Waals surface area contributed by atoms with Crippen molar-refractivity contribution in [3.05, 3.63) is 29.0 Å². The van der Waals surface area contributed by atoms with Crippen LogP contribution in [0, 0.1) is 0 Å². The fraction of sp³-hybridized carbons (Fsp3) is 0.500. The van der Waals surface area contributed by atoms with Gasteiger partial charge in [0.2, 0.25) is 0 Å². The van der Waals surface area contributed by atoms with Crippen LogP contribution in [0.15, 0.2) is 18.2 Å². The molecule has 6 heteroatoms. The zero-order valence-corrected chi connectivity index (χ0v) is 14.3. The van der Waals surface area contributed by atoms with Crippen molar-refractivity contribution in [2.45, 2.75) is 24.1 Å². The summed E-state index contributed by atoms with van der Waals surface area (Å²) < 4.78 is 2.25. The number of halogens is 2. The lowest BCUT2D eigenvalue weighted by Crippen LogP contribution is -2.21. The van der Waals surface area contributed by atoms with E-state index in [9.17, 15) is 0 Å². The molecule has 2 atom stereocenters. The van der Waals surface area contributed by atoms with Gasteiger partial charge in [0, 0.05) is 34.1 Å². The van der Waals surface area contributed by atoms with Crippen molar-refractivity contribution in [1.29, 1.82) is 0 Å². The topological polar surface area (TPSA) is 17.8 Å². The molecule has 0 radical (unpaired) electrons. The quantitative estimate of drug-likeness (QED) is 0.740. The second-order valence-electron chi connectivity index (χ2n) is 4.90. The van der Waals surface area contributed by atoms with E-state index in [-0.39, 0.29) is 5.38 Å². The zero-order valence-electron chi connectivity index (χ0n) is 11.2. The van der Waals surface area contributed by atoms with Crippen LogP contribution in [0.4, 0.5) is 0 Å². The molecule has 1 aliphatic heterocycles. The van der Waals surface area contributed by atoms with Gasteiger partial charge in [0.15, 0.2) is 0 Å². The molecule has 2 unspecified atom stereocenters. The van der Waals surface area contributed by atoms with Crippen LogP contribution in [-0.2, 0) is 6.54 Å². The Morgan fingerprint density at radius 3 is 3.00 bits per heavy atom. The second kappa shape index (κ2) is 6.39. The molecule has 0 bridgehead atoms. The van der Waals surface area contributed by atoms with Crippen molar-refractivity contribution in [2.24, 2.45) is 0 Å². The number of rotatable bonds is 3. The number of hydrogen-bond donors (Lipinski definition) is 0. The minimum atomic E-state index is -0.0950. The number of nitrogens with zero attached hydrogens (tertiary/aromatic N) is 2. The third-order valence-corrected chi connectivity index (χ3v) is 6.62. The molecular formula is C14H16Cl2N2S2. The van der Waals surface area contributed by atoms with Gasteiger partial charge in [-0.25, -0.2) is 4.98 Å². The number of fused-ring (bicyclic) bond motifs is 1. The first kappa shape index (κ1) is 14.9. The number of thioether (sulfide) groups is 2. The van der Waals surface area contributed by atoms with Gasteiger partial charge in [-0.15, -0.1) is 11.6 Å². The maximum atomic E-state index is 6.31. The van der Waals surface area contributed by atoms with Crippen molar-refractivity contribution in [1.82, 2.24) is 9.55 Å². The fourth-order valence-electron chi connectivity index (χ4n) is 2.46. The molecule has 3 rings (SSSR count). The van der Waals surface area contributed by atoms with Crippen molar-refractivity contribution in [3.8, 4) is 0 Å². The summed E-state index contributed by atoms with van der Waals surface area (Å²) in [4.78, 5) is 4.68. The van der Waals surface area contributed by atoms with Crippen LogP contribution in [0.25, 0.3) is 11.0 Å². The summed E-state index contributed by atoms with van der Waals surface area (Å²) in [5.74, 6) is 4.63. The molecule has 2 aromatic rings. The van der Waals surface area contributed by atoms with E-state index in [1.54, 1.807) is 0 Å². The number of aromatic nitrogens is 2. The molecule has 1 saturated heterocycles. The van der Waals surface area contributed by atoms with Crippen molar-refractivity contribution in [2.75, 3.05) is 17.3 Å². The van der Waals surface area contributed by atoms with Gasteiger partial charge in [-0.3, -0.25) is 0 Å². The highest BCUT2D eigenvalue weighted by Gasteiger charge is 2.20. The molecule has 20 heavy (non-hydrogen) atoms. The van der Waals surface area contributed by atoms with Gasteiger partial charge in [0.1, 0.15) is 5.82 Å². The largest absolute Gasteiger partial charge is 0.326 e. The fourth-order valence-corrected chi connectivity index (χ4v) is 5.44. The van der Waals surface area contributed by atoms with E-state index in [2.05, 4.69) is 9.55 Å². The van der Waals surface area contributed by atoms with Crippen LogP contribution in [0.3, 0.4) is 0 Å². The lowest BCUT2D eigenvalue weighted by atomic mass is 10.3. The lowest BCUT2D eigenvalue weighted by molar-refractivity contribution is 0.667. The van der Waals surface area contributed by atoms with Gasteiger partial charge < -0.3 is 4.57 Å². The average Bonchev–Trinajstić information content (AvgIpc) is 2.78. The molecule has 1 aromatic heterocycles. The Balaban J connectivity index is 2.01. The molecule has 0 amide bonds. The molecule has 1 aromatic carbocycles. The molecule has 0 N–H and O–H groups in total. The summed E-state index contributed by atoms with van der Waals surface area (Å²) in [5.41, 5.74) is 2.07. The SMILES string of the molecule is CC(Cl)c1nc2ccc(Cl)cc2n1CC1CSCCS1. The summed E-state index contributed by atoms with van der Waals surface area (Å²) >= 11 is 16.5. The maximum absolute atomic E-state index is 6.31. The first-order chi connectivity index (χ1) is 9.65. The predicted octanol–water partition coefficient (Wildman–Crippen LogP) is 4.84.